The van der Waals surface area contributed by atoms with E-state index in [9.17, 15) is 4.79 Å². The van der Waals surface area contributed by atoms with Gasteiger partial charge in [0.25, 0.3) is 0 Å². The van der Waals surface area contributed by atoms with Crippen LogP contribution in [0, 0.1) is 5.92 Å². The molecule has 92 valence electrons. The summed E-state index contributed by atoms with van der Waals surface area (Å²) in [4.78, 5) is 22.1. The molecule has 17 heavy (non-hydrogen) atoms. The summed E-state index contributed by atoms with van der Waals surface area (Å²) in [7, 11) is 1.53. The van der Waals surface area contributed by atoms with Crippen molar-refractivity contribution in [1.82, 2.24) is 9.97 Å². The van der Waals surface area contributed by atoms with Crippen LogP contribution >= 0.6 is 0 Å². The van der Waals surface area contributed by atoms with E-state index in [1.165, 1.54) is 13.4 Å². The fourth-order valence-corrected chi connectivity index (χ4v) is 1.89. The number of ether oxygens (including phenoxy) is 1. The van der Waals surface area contributed by atoms with E-state index in [2.05, 4.69) is 15.3 Å². The summed E-state index contributed by atoms with van der Waals surface area (Å²) < 4.78 is 5.15. The van der Waals surface area contributed by atoms with Gasteiger partial charge >= 0.3 is 0 Å². The van der Waals surface area contributed by atoms with Gasteiger partial charge in [-0.25, -0.2) is 4.98 Å². The van der Waals surface area contributed by atoms with Crippen LogP contribution < -0.4 is 15.0 Å². The standard InChI is InChI=1S/C11H16N4O2/c1-4-15-5-7(2)10(16)14-8-9(15)12-6-13-11(8)17-3/h6-7H,4-5H2,1-3H3,(H,14,16). The lowest BCUT2D eigenvalue weighted by molar-refractivity contribution is -0.119. The second-order valence-corrected chi connectivity index (χ2v) is 4.01. The highest BCUT2D eigenvalue weighted by molar-refractivity contribution is 5.98. The minimum atomic E-state index is -0.0890. The van der Waals surface area contributed by atoms with Crippen LogP contribution in [0.25, 0.3) is 0 Å². The molecule has 0 saturated carbocycles. The molecular formula is C11H16N4O2. The zero-order chi connectivity index (χ0) is 12.4. The second kappa shape index (κ2) is 4.57. The van der Waals surface area contributed by atoms with Gasteiger partial charge in [0, 0.05) is 13.1 Å². The van der Waals surface area contributed by atoms with Gasteiger partial charge in [-0.2, -0.15) is 4.98 Å². The lowest BCUT2D eigenvalue weighted by atomic mass is 10.1. The third-order valence-electron chi connectivity index (χ3n) is 2.86. The Labute approximate surface area is 100 Å². The third kappa shape index (κ3) is 2.02. The number of rotatable bonds is 2. The van der Waals surface area contributed by atoms with E-state index in [1.54, 1.807) is 0 Å². The Balaban J connectivity index is 2.51. The van der Waals surface area contributed by atoms with Crippen molar-refractivity contribution >= 4 is 17.4 Å². The first kappa shape index (κ1) is 11.6. The monoisotopic (exact) mass is 236 g/mol. The van der Waals surface area contributed by atoms with Gasteiger partial charge in [-0.05, 0) is 6.92 Å². The van der Waals surface area contributed by atoms with Crippen LogP contribution in [0.5, 0.6) is 5.88 Å². The average molecular weight is 236 g/mol. The maximum atomic E-state index is 11.9. The highest BCUT2D eigenvalue weighted by atomic mass is 16.5. The highest BCUT2D eigenvalue weighted by Gasteiger charge is 2.27. The number of aromatic nitrogens is 2. The predicted octanol–water partition coefficient (Wildman–Crippen LogP) is 0.900. The summed E-state index contributed by atoms with van der Waals surface area (Å²) in [5.41, 5.74) is 0.561. The second-order valence-electron chi connectivity index (χ2n) is 4.01. The minimum absolute atomic E-state index is 0.0321. The van der Waals surface area contributed by atoms with Crippen molar-refractivity contribution in [1.29, 1.82) is 0 Å². The normalized spacial score (nSPS) is 19.4. The smallest absolute Gasteiger partial charge is 0.242 e. The quantitative estimate of drug-likeness (QED) is 0.826. The SMILES string of the molecule is CCN1CC(C)C(=O)Nc2c(OC)ncnc21. The number of methoxy groups -OCH3 is 1. The fraction of sp³-hybridized carbons (Fsp3) is 0.545. The summed E-state index contributed by atoms with van der Waals surface area (Å²) in [6.07, 6.45) is 1.45. The highest BCUT2D eigenvalue weighted by Crippen LogP contribution is 2.33. The Morgan fingerprint density at radius 1 is 1.59 bits per heavy atom. The molecule has 1 aromatic rings. The number of anilines is 2. The van der Waals surface area contributed by atoms with Gasteiger partial charge < -0.3 is 15.0 Å². The van der Waals surface area contributed by atoms with Crippen molar-refractivity contribution in [3.8, 4) is 5.88 Å². The van der Waals surface area contributed by atoms with E-state index < -0.39 is 0 Å². The van der Waals surface area contributed by atoms with Crippen LogP contribution in [0.15, 0.2) is 6.33 Å². The number of carbonyl (C=O) groups excluding carboxylic acids is 1. The van der Waals surface area contributed by atoms with Crippen molar-refractivity contribution in [3.05, 3.63) is 6.33 Å². The molecule has 6 heteroatoms. The number of hydrogen-bond acceptors (Lipinski definition) is 5. The number of nitrogens with one attached hydrogen (secondary N) is 1. The van der Waals surface area contributed by atoms with Gasteiger partial charge in [0.05, 0.1) is 13.0 Å². The number of amides is 1. The van der Waals surface area contributed by atoms with Crippen molar-refractivity contribution in [2.75, 3.05) is 30.4 Å². The molecule has 1 amide bonds. The van der Waals surface area contributed by atoms with Gasteiger partial charge in [0.2, 0.25) is 11.8 Å². The Morgan fingerprint density at radius 3 is 3.00 bits per heavy atom. The zero-order valence-electron chi connectivity index (χ0n) is 10.2. The minimum Gasteiger partial charge on any atom is -0.479 e. The first-order valence-corrected chi connectivity index (χ1v) is 5.62. The lowest BCUT2D eigenvalue weighted by Crippen LogP contribution is -2.30. The van der Waals surface area contributed by atoms with Crippen LogP contribution in [0.4, 0.5) is 11.5 Å². The maximum absolute atomic E-state index is 11.9. The van der Waals surface area contributed by atoms with Gasteiger partial charge in [0.1, 0.15) is 12.0 Å². The number of hydrogen-bond donors (Lipinski definition) is 1. The molecule has 0 spiro atoms. The Morgan fingerprint density at radius 2 is 2.35 bits per heavy atom. The molecule has 0 radical (unpaired) electrons. The van der Waals surface area contributed by atoms with Crippen molar-refractivity contribution in [2.24, 2.45) is 5.92 Å². The van der Waals surface area contributed by atoms with Gasteiger partial charge in [-0.1, -0.05) is 6.92 Å². The predicted molar refractivity (Wildman–Crippen MR) is 64.3 cm³/mol. The van der Waals surface area contributed by atoms with E-state index in [1.807, 2.05) is 18.7 Å². The van der Waals surface area contributed by atoms with Gasteiger partial charge in [-0.15, -0.1) is 0 Å². The fourth-order valence-electron chi connectivity index (χ4n) is 1.89. The molecule has 2 rings (SSSR count). The topological polar surface area (TPSA) is 67.4 Å². The molecule has 0 bridgehead atoms. The number of carbonyl (C=O) groups is 1. The van der Waals surface area contributed by atoms with Crippen LogP contribution in [0.1, 0.15) is 13.8 Å². The Kier molecular flexibility index (Phi) is 3.12. The lowest BCUT2D eigenvalue weighted by Gasteiger charge is -2.22. The van der Waals surface area contributed by atoms with Gasteiger partial charge in [-0.3, -0.25) is 4.79 Å². The van der Waals surface area contributed by atoms with E-state index in [4.69, 9.17) is 4.74 Å². The molecule has 1 aromatic heterocycles. The molecular weight excluding hydrogens is 220 g/mol. The van der Waals surface area contributed by atoms with E-state index in [0.717, 1.165) is 12.4 Å². The Hall–Kier alpha value is -1.85. The first-order valence-electron chi connectivity index (χ1n) is 5.62. The summed E-state index contributed by atoms with van der Waals surface area (Å²) in [5.74, 6) is 0.997. The van der Waals surface area contributed by atoms with Crippen LogP contribution in [0.2, 0.25) is 0 Å². The molecule has 1 N–H and O–H groups in total. The molecule has 0 aliphatic carbocycles. The van der Waals surface area contributed by atoms with E-state index in [-0.39, 0.29) is 11.8 Å². The summed E-state index contributed by atoms with van der Waals surface area (Å²) in [6.45, 7) is 5.35. The number of nitrogens with zero attached hydrogens (tertiary/aromatic N) is 3. The molecule has 1 aliphatic rings. The zero-order valence-corrected chi connectivity index (χ0v) is 10.2. The van der Waals surface area contributed by atoms with Crippen molar-refractivity contribution in [2.45, 2.75) is 13.8 Å². The summed E-state index contributed by atoms with van der Waals surface area (Å²) >= 11 is 0. The molecule has 6 nitrogen and oxygen atoms in total. The maximum Gasteiger partial charge on any atom is 0.242 e. The Bertz CT molecular complexity index is 435. The van der Waals surface area contributed by atoms with E-state index in [0.29, 0.717) is 18.1 Å². The summed E-state index contributed by atoms with van der Waals surface area (Å²) in [5, 5.41) is 2.83. The molecule has 2 heterocycles. The van der Waals surface area contributed by atoms with Crippen molar-refractivity contribution in [3.63, 3.8) is 0 Å². The van der Waals surface area contributed by atoms with Crippen molar-refractivity contribution < 1.29 is 9.53 Å². The largest absolute Gasteiger partial charge is 0.479 e. The number of fused-ring (bicyclic) bond motifs is 1. The third-order valence-corrected chi connectivity index (χ3v) is 2.86. The molecule has 1 unspecified atom stereocenters. The summed E-state index contributed by atoms with van der Waals surface area (Å²) in [6, 6.07) is 0. The molecule has 1 atom stereocenters. The van der Waals surface area contributed by atoms with Crippen LogP contribution in [-0.4, -0.2) is 36.1 Å². The van der Waals surface area contributed by atoms with E-state index >= 15 is 0 Å². The average Bonchev–Trinajstić information content (AvgIpc) is 2.47. The van der Waals surface area contributed by atoms with Crippen LogP contribution in [-0.2, 0) is 4.79 Å². The molecule has 0 saturated heterocycles. The van der Waals surface area contributed by atoms with Crippen LogP contribution in [0.3, 0.4) is 0 Å². The first-order chi connectivity index (χ1) is 8.17. The van der Waals surface area contributed by atoms with Gasteiger partial charge in [0.15, 0.2) is 5.82 Å². The molecule has 1 aliphatic heterocycles. The molecule has 0 aromatic carbocycles. The molecule has 0 fully saturated rings.